The van der Waals surface area contributed by atoms with Crippen LogP contribution in [0.2, 0.25) is 0 Å². The number of carbonyl (C=O) groups is 1. The second-order valence-electron chi connectivity index (χ2n) is 9.42. The molecule has 31 heavy (non-hydrogen) atoms. The summed E-state index contributed by atoms with van der Waals surface area (Å²) in [6.45, 7) is 5.37. The van der Waals surface area contributed by atoms with Crippen LogP contribution in [0.1, 0.15) is 53.7 Å². The van der Waals surface area contributed by atoms with E-state index in [0.717, 1.165) is 44.3 Å². The number of rotatable bonds is 3. The van der Waals surface area contributed by atoms with Gasteiger partial charge in [-0.2, -0.15) is 0 Å². The summed E-state index contributed by atoms with van der Waals surface area (Å²) in [4.78, 5) is 17.6. The molecule has 0 aromatic heterocycles. The SMILES string of the molecule is CN(C(=O)c1ccc(C#CC(C)(C)O)cc1)[C@H]1CCCN(C2Cc3ccccc3C2)C1. The number of fused-ring (bicyclic) bond motifs is 1. The fraction of sp³-hybridized carbons (Fsp3) is 0.444. The fourth-order valence-corrected chi connectivity index (χ4v) is 4.72. The van der Waals surface area contributed by atoms with Gasteiger partial charge in [0.25, 0.3) is 5.91 Å². The van der Waals surface area contributed by atoms with E-state index < -0.39 is 5.60 Å². The van der Waals surface area contributed by atoms with Crippen molar-refractivity contribution in [1.82, 2.24) is 9.80 Å². The van der Waals surface area contributed by atoms with Crippen molar-refractivity contribution in [3.8, 4) is 11.8 Å². The topological polar surface area (TPSA) is 43.8 Å². The Morgan fingerprint density at radius 1 is 1.10 bits per heavy atom. The highest BCUT2D eigenvalue weighted by atomic mass is 16.3. The van der Waals surface area contributed by atoms with Gasteiger partial charge in [-0.15, -0.1) is 0 Å². The first-order chi connectivity index (χ1) is 14.8. The third kappa shape index (κ3) is 5.18. The van der Waals surface area contributed by atoms with Crippen molar-refractivity contribution in [2.45, 2.75) is 57.2 Å². The highest BCUT2D eigenvalue weighted by Crippen LogP contribution is 2.28. The normalized spacial score (nSPS) is 19.4. The molecule has 2 aliphatic rings. The van der Waals surface area contributed by atoms with Crippen molar-refractivity contribution in [2.24, 2.45) is 0 Å². The fourth-order valence-electron chi connectivity index (χ4n) is 4.72. The summed E-state index contributed by atoms with van der Waals surface area (Å²) in [7, 11) is 1.93. The van der Waals surface area contributed by atoms with E-state index in [9.17, 15) is 9.90 Å². The molecule has 4 heteroatoms. The number of likely N-dealkylation sites (N-methyl/N-ethyl adjacent to an activating group) is 1. The first kappa shape index (κ1) is 21.6. The van der Waals surface area contributed by atoms with Crippen molar-refractivity contribution >= 4 is 5.91 Å². The predicted octanol–water partition coefficient (Wildman–Crippen LogP) is 3.51. The van der Waals surface area contributed by atoms with Crippen molar-refractivity contribution < 1.29 is 9.90 Å². The summed E-state index contributed by atoms with van der Waals surface area (Å²) in [6.07, 6.45) is 4.41. The van der Waals surface area contributed by atoms with Gasteiger partial charge in [-0.25, -0.2) is 0 Å². The van der Waals surface area contributed by atoms with Crippen LogP contribution in [-0.4, -0.2) is 58.6 Å². The molecule has 1 aliphatic carbocycles. The summed E-state index contributed by atoms with van der Waals surface area (Å²) in [6, 6.07) is 16.9. The molecule has 162 valence electrons. The Hall–Kier alpha value is -2.61. The molecule has 0 saturated carbocycles. The standard InChI is InChI=1S/C27H32N2O2/c1-27(2,31)15-14-20-10-12-21(13-11-20)26(30)28(3)24-9-6-16-29(19-24)25-17-22-7-4-5-8-23(22)18-25/h4-5,7-8,10-13,24-25,31H,6,9,16-19H2,1-3H3/t24-/m0/s1. The zero-order chi connectivity index (χ0) is 22.0. The Kier molecular flexibility index (Phi) is 6.18. The lowest BCUT2D eigenvalue weighted by Crippen LogP contribution is -2.51. The van der Waals surface area contributed by atoms with E-state index in [2.05, 4.69) is 41.0 Å². The number of hydrogen-bond acceptors (Lipinski definition) is 3. The van der Waals surface area contributed by atoms with Crippen LogP contribution in [-0.2, 0) is 12.8 Å². The monoisotopic (exact) mass is 416 g/mol. The van der Waals surface area contributed by atoms with Crippen LogP contribution in [0.4, 0.5) is 0 Å². The third-order valence-electron chi connectivity index (χ3n) is 6.49. The Morgan fingerprint density at radius 3 is 2.35 bits per heavy atom. The average Bonchev–Trinajstić information content (AvgIpc) is 3.21. The van der Waals surface area contributed by atoms with Crippen LogP contribution < -0.4 is 0 Å². The van der Waals surface area contributed by atoms with Gasteiger partial charge in [0.2, 0.25) is 0 Å². The molecule has 2 aromatic rings. The van der Waals surface area contributed by atoms with Crippen molar-refractivity contribution in [2.75, 3.05) is 20.1 Å². The zero-order valence-electron chi connectivity index (χ0n) is 18.8. The van der Waals surface area contributed by atoms with E-state index in [1.54, 1.807) is 13.8 Å². The van der Waals surface area contributed by atoms with Gasteiger partial charge in [-0.3, -0.25) is 9.69 Å². The molecular formula is C27H32N2O2. The lowest BCUT2D eigenvalue weighted by atomic mass is 10.0. The van der Waals surface area contributed by atoms with Gasteiger partial charge < -0.3 is 10.0 Å². The summed E-state index contributed by atoms with van der Waals surface area (Å²) in [5, 5.41) is 9.75. The molecular weight excluding hydrogens is 384 g/mol. The van der Waals surface area contributed by atoms with Gasteiger partial charge in [-0.05, 0) is 81.5 Å². The van der Waals surface area contributed by atoms with Crippen molar-refractivity contribution in [1.29, 1.82) is 0 Å². The number of amides is 1. The van der Waals surface area contributed by atoms with E-state index >= 15 is 0 Å². The van der Waals surface area contributed by atoms with Crippen molar-refractivity contribution in [3.63, 3.8) is 0 Å². The summed E-state index contributed by atoms with van der Waals surface area (Å²) in [5.41, 5.74) is 3.41. The van der Waals surface area contributed by atoms with Crippen LogP contribution in [0.15, 0.2) is 48.5 Å². The van der Waals surface area contributed by atoms with Crippen LogP contribution in [0.25, 0.3) is 0 Å². The highest BCUT2D eigenvalue weighted by Gasteiger charge is 2.33. The lowest BCUT2D eigenvalue weighted by molar-refractivity contribution is 0.0555. The van der Waals surface area contributed by atoms with Gasteiger partial charge in [0.1, 0.15) is 5.60 Å². The Labute approximate surface area is 185 Å². The van der Waals surface area contributed by atoms with Crippen LogP contribution in [0.5, 0.6) is 0 Å². The van der Waals surface area contributed by atoms with Gasteiger partial charge in [0.05, 0.1) is 0 Å². The number of likely N-dealkylation sites (tertiary alicyclic amines) is 1. The summed E-state index contributed by atoms with van der Waals surface area (Å²) < 4.78 is 0. The van der Waals surface area contributed by atoms with Crippen LogP contribution in [0, 0.1) is 11.8 Å². The molecule has 1 fully saturated rings. The number of piperidine rings is 1. The highest BCUT2D eigenvalue weighted by molar-refractivity contribution is 5.94. The zero-order valence-corrected chi connectivity index (χ0v) is 18.8. The maximum atomic E-state index is 13.1. The molecule has 4 rings (SSSR count). The molecule has 1 saturated heterocycles. The van der Waals surface area contributed by atoms with Crippen LogP contribution >= 0.6 is 0 Å². The lowest BCUT2D eigenvalue weighted by Gasteiger charge is -2.40. The van der Waals surface area contributed by atoms with Gasteiger partial charge in [0, 0.05) is 36.8 Å². The molecule has 4 nitrogen and oxygen atoms in total. The maximum absolute atomic E-state index is 13.1. The Morgan fingerprint density at radius 2 is 1.74 bits per heavy atom. The third-order valence-corrected chi connectivity index (χ3v) is 6.49. The maximum Gasteiger partial charge on any atom is 0.253 e. The minimum atomic E-state index is -1.03. The summed E-state index contributed by atoms with van der Waals surface area (Å²) in [5.74, 6) is 5.82. The van der Waals surface area contributed by atoms with Gasteiger partial charge in [-0.1, -0.05) is 36.1 Å². The molecule has 1 N–H and O–H groups in total. The molecule has 0 unspecified atom stereocenters. The quantitative estimate of drug-likeness (QED) is 0.779. The number of hydrogen-bond donors (Lipinski definition) is 1. The molecule has 0 radical (unpaired) electrons. The smallest absolute Gasteiger partial charge is 0.253 e. The second kappa shape index (κ2) is 8.86. The number of benzene rings is 2. The number of nitrogens with zero attached hydrogens (tertiary/aromatic N) is 2. The Balaban J connectivity index is 1.39. The van der Waals surface area contributed by atoms with E-state index in [4.69, 9.17) is 0 Å². The van der Waals surface area contributed by atoms with Gasteiger partial charge in [0.15, 0.2) is 0 Å². The van der Waals surface area contributed by atoms with E-state index in [1.165, 1.54) is 11.1 Å². The molecule has 2 aromatic carbocycles. The predicted molar refractivity (Wildman–Crippen MR) is 124 cm³/mol. The minimum absolute atomic E-state index is 0.0588. The minimum Gasteiger partial charge on any atom is -0.378 e. The van der Waals surface area contributed by atoms with Gasteiger partial charge >= 0.3 is 0 Å². The van der Waals surface area contributed by atoms with Crippen molar-refractivity contribution in [3.05, 3.63) is 70.8 Å². The molecule has 1 heterocycles. The molecule has 0 bridgehead atoms. The van der Waals surface area contributed by atoms with Crippen LogP contribution in [0.3, 0.4) is 0 Å². The number of carbonyl (C=O) groups excluding carboxylic acids is 1. The molecule has 1 atom stereocenters. The first-order valence-electron chi connectivity index (χ1n) is 11.2. The average molecular weight is 417 g/mol. The molecule has 1 aliphatic heterocycles. The number of aliphatic hydroxyl groups is 1. The Bertz CT molecular complexity index is 969. The molecule has 1 amide bonds. The first-order valence-corrected chi connectivity index (χ1v) is 11.2. The molecule has 0 spiro atoms. The van der Waals surface area contributed by atoms with E-state index in [0.29, 0.717) is 11.6 Å². The summed E-state index contributed by atoms with van der Waals surface area (Å²) >= 11 is 0. The van der Waals surface area contributed by atoms with E-state index in [-0.39, 0.29) is 11.9 Å². The largest absolute Gasteiger partial charge is 0.378 e. The second-order valence-corrected chi connectivity index (χ2v) is 9.42. The van der Waals surface area contributed by atoms with E-state index in [1.807, 2.05) is 36.2 Å².